The Kier molecular flexibility index (Phi) is 3.77. The highest BCUT2D eigenvalue weighted by Gasteiger charge is 2.32. The van der Waals surface area contributed by atoms with Gasteiger partial charge in [-0.3, -0.25) is 14.2 Å². The number of nitrogens with zero attached hydrogens (tertiary/aromatic N) is 4. The maximum atomic E-state index is 13.4. The van der Waals surface area contributed by atoms with Crippen LogP contribution in [0.3, 0.4) is 0 Å². The number of hydrogen-bond donors (Lipinski definition) is 1. The summed E-state index contributed by atoms with van der Waals surface area (Å²) in [5, 5.41) is 3.49. The molecule has 7 heteroatoms. The van der Waals surface area contributed by atoms with Gasteiger partial charge in [0.1, 0.15) is 5.82 Å². The molecule has 0 radical (unpaired) electrons. The lowest BCUT2D eigenvalue weighted by Gasteiger charge is -2.37. The van der Waals surface area contributed by atoms with Crippen molar-refractivity contribution < 1.29 is 4.79 Å². The number of pyridine rings is 1. The summed E-state index contributed by atoms with van der Waals surface area (Å²) in [5.41, 5.74) is 4.44. The van der Waals surface area contributed by atoms with E-state index in [0.717, 1.165) is 48.6 Å². The number of imidazole rings is 1. The first-order chi connectivity index (χ1) is 14.6. The van der Waals surface area contributed by atoms with Gasteiger partial charge in [-0.2, -0.15) is 0 Å². The van der Waals surface area contributed by atoms with Gasteiger partial charge in [0.2, 0.25) is 0 Å². The van der Waals surface area contributed by atoms with Crippen LogP contribution in [0.5, 0.6) is 0 Å². The second kappa shape index (κ2) is 6.40. The fourth-order valence-electron chi connectivity index (χ4n) is 5.27. The Bertz CT molecular complexity index is 1240. The second-order valence-electron chi connectivity index (χ2n) is 8.67. The molecule has 0 aliphatic carbocycles. The second-order valence-corrected chi connectivity index (χ2v) is 8.67. The predicted molar refractivity (Wildman–Crippen MR) is 113 cm³/mol. The Hall–Kier alpha value is -3.19. The molecular weight excluding hydrogens is 378 g/mol. The number of piperidine rings is 1. The molecule has 5 heterocycles. The van der Waals surface area contributed by atoms with Gasteiger partial charge in [-0.25, -0.2) is 4.98 Å². The van der Waals surface area contributed by atoms with E-state index in [0.29, 0.717) is 29.8 Å². The summed E-state index contributed by atoms with van der Waals surface area (Å²) in [5.74, 6) is 1.61. The van der Waals surface area contributed by atoms with Gasteiger partial charge in [0.05, 0.1) is 5.56 Å². The lowest BCUT2D eigenvalue weighted by atomic mass is 9.84. The maximum Gasteiger partial charge on any atom is 0.261 e. The van der Waals surface area contributed by atoms with Crippen molar-refractivity contribution in [3.8, 4) is 17.1 Å². The van der Waals surface area contributed by atoms with Crippen LogP contribution in [0.2, 0.25) is 0 Å². The molecule has 3 aromatic rings. The van der Waals surface area contributed by atoms with Crippen molar-refractivity contribution in [1.29, 1.82) is 0 Å². The van der Waals surface area contributed by atoms with E-state index in [-0.39, 0.29) is 11.5 Å². The molecule has 1 fully saturated rings. The number of fused-ring (bicyclic) bond motifs is 5. The quantitative estimate of drug-likeness (QED) is 0.713. The Morgan fingerprint density at radius 2 is 1.97 bits per heavy atom. The van der Waals surface area contributed by atoms with E-state index in [4.69, 9.17) is 0 Å². The van der Waals surface area contributed by atoms with Crippen molar-refractivity contribution in [2.75, 3.05) is 20.1 Å². The van der Waals surface area contributed by atoms with Gasteiger partial charge in [-0.15, -0.1) is 0 Å². The minimum absolute atomic E-state index is 0.0348. The number of rotatable bonds is 2. The van der Waals surface area contributed by atoms with Gasteiger partial charge in [-0.1, -0.05) is 0 Å². The van der Waals surface area contributed by atoms with Crippen molar-refractivity contribution in [2.24, 2.45) is 5.92 Å². The molecule has 30 heavy (non-hydrogen) atoms. The van der Waals surface area contributed by atoms with Gasteiger partial charge in [-0.05, 0) is 54.8 Å². The van der Waals surface area contributed by atoms with Crippen LogP contribution < -0.4 is 10.9 Å². The van der Waals surface area contributed by atoms with Gasteiger partial charge >= 0.3 is 0 Å². The highest BCUT2D eigenvalue weighted by molar-refractivity contribution is 5.98. The van der Waals surface area contributed by atoms with Crippen LogP contribution in [0.15, 0.2) is 47.5 Å². The molecule has 6 rings (SSSR count). The van der Waals surface area contributed by atoms with Crippen molar-refractivity contribution in [3.05, 3.63) is 69.9 Å². The molecule has 1 aromatic carbocycles. The van der Waals surface area contributed by atoms with Gasteiger partial charge in [0, 0.05) is 61.9 Å². The molecular formula is C23H23N5O2. The van der Waals surface area contributed by atoms with Crippen molar-refractivity contribution in [3.63, 3.8) is 0 Å². The normalized spacial score (nSPS) is 22.2. The molecule has 1 N–H and O–H groups in total. The zero-order chi connectivity index (χ0) is 20.4. The summed E-state index contributed by atoms with van der Waals surface area (Å²) in [4.78, 5) is 31.9. The van der Waals surface area contributed by atoms with Gasteiger partial charge in [0.25, 0.3) is 11.5 Å². The third-order valence-corrected chi connectivity index (χ3v) is 6.74. The zero-order valence-electron chi connectivity index (χ0n) is 16.8. The SMILES string of the molecule is CN1Cc2cc(-n3ccnc3-c3ccc4n(c3=O)C[C@@H]3CNC[C@H]4C3)ccc2C1=O. The van der Waals surface area contributed by atoms with Crippen LogP contribution >= 0.6 is 0 Å². The number of carbonyl (C=O) groups is 1. The monoisotopic (exact) mass is 401 g/mol. The van der Waals surface area contributed by atoms with Crippen LogP contribution in [0, 0.1) is 5.92 Å². The first kappa shape index (κ1) is 17.7. The number of carbonyl (C=O) groups excluding carboxylic acids is 1. The van der Waals surface area contributed by atoms with E-state index in [1.165, 1.54) is 0 Å². The summed E-state index contributed by atoms with van der Waals surface area (Å²) in [7, 11) is 1.81. The standard InChI is InChI=1S/C23H23N5O2/c1-26-13-16-9-17(2-3-18(16)22(26)29)27-7-6-25-21(27)19-4-5-20-15-8-14(10-24-11-15)12-28(20)23(19)30/h2-7,9,14-15,24H,8,10-13H2,1H3/t14-,15+/m0/s1. The third-order valence-electron chi connectivity index (χ3n) is 6.74. The minimum atomic E-state index is 0.0348. The Labute approximate surface area is 174 Å². The van der Waals surface area contributed by atoms with E-state index >= 15 is 0 Å². The molecule has 1 saturated heterocycles. The molecule has 2 aromatic heterocycles. The lowest BCUT2D eigenvalue weighted by molar-refractivity contribution is 0.0816. The molecule has 0 spiro atoms. The number of amides is 1. The van der Waals surface area contributed by atoms with E-state index in [9.17, 15) is 9.59 Å². The number of aromatic nitrogens is 3. The highest BCUT2D eigenvalue weighted by Crippen LogP contribution is 2.33. The molecule has 0 saturated carbocycles. The average molecular weight is 401 g/mol. The highest BCUT2D eigenvalue weighted by atomic mass is 16.2. The topological polar surface area (TPSA) is 72.2 Å². The fraction of sp³-hybridized carbons (Fsp3) is 0.348. The van der Waals surface area contributed by atoms with E-state index in [2.05, 4.69) is 16.4 Å². The Balaban J connectivity index is 1.44. The van der Waals surface area contributed by atoms with Crippen LogP contribution in [0.4, 0.5) is 0 Å². The first-order valence-electron chi connectivity index (χ1n) is 10.5. The molecule has 2 atom stereocenters. The summed E-state index contributed by atoms with van der Waals surface area (Å²) in [6.45, 7) is 3.28. The largest absolute Gasteiger partial charge is 0.337 e. The summed E-state index contributed by atoms with van der Waals surface area (Å²) >= 11 is 0. The van der Waals surface area contributed by atoms with E-state index in [1.54, 1.807) is 11.1 Å². The lowest BCUT2D eigenvalue weighted by Crippen LogP contribution is -2.45. The molecule has 7 nitrogen and oxygen atoms in total. The van der Waals surface area contributed by atoms with Crippen molar-refractivity contribution in [2.45, 2.75) is 25.4 Å². The predicted octanol–water partition coefficient (Wildman–Crippen LogP) is 1.99. The molecule has 0 unspecified atom stereocenters. The summed E-state index contributed by atoms with van der Waals surface area (Å²) in [6.07, 6.45) is 4.75. The van der Waals surface area contributed by atoms with Crippen LogP contribution in [0.1, 0.15) is 34.0 Å². The smallest absolute Gasteiger partial charge is 0.261 e. The zero-order valence-corrected chi connectivity index (χ0v) is 16.8. The van der Waals surface area contributed by atoms with E-state index < -0.39 is 0 Å². The molecule has 152 valence electrons. The molecule has 3 aliphatic rings. The van der Waals surface area contributed by atoms with Crippen molar-refractivity contribution in [1.82, 2.24) is 24.3 Å². The fourth-order valence-corrected chi connectivity index (χ4v) is 5.27. The minimum Gasteiger partial charge on any atom is -0.337 e. The maximum absolute atomic E-state index is 13.4. The number of nitrogens with one attached hydrogen (secondary N) is 1. The van der Waals surface area contributed by atoms with E-state index in [1.807, 2.05) is 46.6 Å². The molecule has 1 amide bonds. The summed E-state index contributed by atoms with van der Waals surface area (Å²) in [6, 6.07) is 9.84. The molecule has 3 aliphatic heterocycles. The first-order valence-corrected chi connectivity index (χ1v) is 10.5. The van der Waals surface area contributed by atoms with Crippen LogP contribution in [0.25, 0.3) is 17.1 Å². The van der Waals surface area contributed by atoms with Crippen molar-refractivity contribution >= 4 is 5.91 Å². The van der Waals surface area contributed by atoms with Gasteiger partial charge in [0.15, 0.2) is 0 Å². The average Bonchev–Trinajstić information content (AvgIpc) is 3.34. The van der Waals surface area contributed by atoms with Gasteiger partial charge < -0.3 is 14.8 Å². The molecule has 2 bridgehead atoms. The Morgan fingerprint density at radius 3 is 2.87 bits per heavy atom. The van der Waals surface area contributed by atoms with Crippen LogP contribution in [-0.4, -0.2) is 45.1 Å². The third kappa shape index (κ3) is 2.51. The Morgan fingerprint density at radius 1 is 1.10 bits per heavy atom. The number of benzene rings is 1. The summed E-state index contributed by atoms with van der Waals surface area (Å²) < 4.78 is 3.91. The van der Waals surface area contributed by atoms with Crippen LogP contribution in [-0.2, 0) is 13.1 Å². The number of hydrogen-bond acceptors (Lipinski definition) is 4.